The van der Waals surface area contributed by atoms with Gasteiger partial charge in [-0.05, 0) is 37.5 Å². The van der Waals surface area contributed by atoms with E-state index in [4.69, 9.17) is 0 Å². The van der Waals surface area contributed by atoms with Crippen molar-refractivity contribution in [3.8, 4) is 0 Å². The monoisotopic (exact) mass is 454 g/mol. The first-order chi connectivity index (χ1) is 13.6. The zero-order chi connectivity index (χ0) is 22.6. The molecule has 0 aromatic heterocycles. The maximum absolute atomic E-state index is 15.2. The summed E-state index contributed by atoms with van der Waals surface area (Å²) in [6, 6.07) is 0. The van der Waals surface area contributed by atoms with Crippen molar-refractivity contribution in [1.82, 2.24) is 0 Å². The Morgan fingerprint density at radius 1 is 0.667 bits per heavy atom. The molecule has 176 valence electrons. The van der Waals surface area contributed by atoms with Crippen LogP contribution < -0.4 is 0 Å². The molecule has 2 aliphatic carbocycles. The highest BCUT2D eigenvalue weighted by atomic mass is 19.4. The van der Waals surface area contributed by atoms with Crippen LogP contribution in [-0.2, 0) is 4.74 Å². The minimum absolute atomic E-state index is 0.154. The van der Waals surface area contributed by atoms with Crippen molar-refractivity contribution in [2.24, 2.45) is 11.8 Å². The van der Waals surface area contributed by atoms with Gasteiger partial charge in [0.05, 0.1) is 0 Å². The Kier molecular flexibility index (Phi) is 5.94. The molecule has 1 heterocycles. The zero-order valence-electron chi connectivity index (χ0n) is 16.3. The largest absolute Gasteiger partial charge is 0.449 e. The zero-order valence-corrected chi connectivity index (χ0v) is 16.3. The van der Waals surface area contributed by atoms with Crippen molar-refractivity contribution in [1.29, 1.82) is 0 Å². The second-order valence-corrected chi connectivity index (χ2v) is 8.98. The summed E-state index contributed by atoms with van der Waals surface area (Å²) in [6.45, 7) is 0. The maximum atomic E-state index is 15.2. The topological polar surface area (TPSA) is 49.7 Å². The predicted molar refractivity (Wildman–Crippen MR) is 88.5 cm³/mol. The van der Waals surface area contributed by atoms with Crippen LogP contribution in [0.1, 0.15) is 70.6 Å². The summed E-state index contributed by atoms with van der Waals surface area (Å²) in [7, 11) is 0. The third kappa shape index (κ3) is 3.34. The number of rotatable bonds is 2. The molecule has 30 heavy (non-hydrogen) atoms. The van der Waals surface area contributed by atoms with Crippen LogP contribution in [0.2, 0.25) is 0 Å². The summed E-state index contributed by atoms with van der Waals surface area (Å²) in [5.41, 5.74) is -7.45. The molecule has 0 aromatic carbocycles. The standard InChI is InChI=1S/C19H26F8O3/c20-16(21)14(28,12-7-3-1-4-8-12)11-15(18(22,23)24,13-9-5-2-6-10-13)30-17(16,29)19(25,26)27/h12-13,28-29H,1-11H2. The van der Waals surface area contributed by atoms with Gasteiger partial charge in [0.15, 0.2) is 5.60 Å². The predicted octanol–water partition coefficient (Wildman–Crippen LogP) is 5.49. The van der Waals surface area contributed by atoms with Gasteiger partial charge in [-0.1, -0.05) is 38.5 Å². The molecule has 3 fully saturated rings. The van der Waals surface area contributed by atoms with E-state index in [9.17, 15) is 36.6 Å². The third-order valence-electron chi connectivity index (χ3n) is 7.24. The second-order valence-electron chi connectivity index (χ2n) is 8.98. The van der Waals surface area contributed by atoms with E-state index in [-0.39, 0.29) is 51.4 Å². The Labute approximate surface area is 168 Å². The van der Waals surface area contributed by atoms with Crippen molar-refractivity contribution >= 4 is 0 Å². The van der Waals surface area contributed by atoms with Crippen molar-refractivity contribution < 1.29 is 50.1 Å². The Morgan fingerprint density at radius 2 is 1.10 bits per heavy atom. The Hall–Kier alpha value is -0.680. The normalized spacial score (nSPS) is 39.8. The van der Waals surface area contributed by atoms with Crippen LogP contribution in [0.15, 0.2) is 0 Å². The smallest absolute Gasteiger partial charge is 0.383 e. The van der Waals surface area contributed by atoms with Crippen LogP contribution in [0.3, 0.4) is 0 Å². The molecule has 11 heteroatoms. The van der Waals surface area contributed by atoms with Gasteiger partial charge >= 0.3 is 24.1 Å². The summed E-state index contributed by atoms with van der Waals surface area (Å²) < 4.78 is 119. The highest BCUT2D eigenvalue weighted by molar-refractivity contribution is 5.18. The van der Waals surface area contributed by atoms with E-state index in [0.717, 1.165) is 0 Å². The number of halogens is 8. The lowest BCUT2D eigenvalue weighted by Crippen LogP contribution is -2.81. The number of hydrogen-bond donors (Lipinski definition) is 2. The molecule has 0 aromatic rings. The van der Waals surface area contributed by atoms with Crippen LogP contribution in [0.25, 0.3) is 0 Å². The number of ether oxygens (including phenoxy) is 1. The SMILES string of the molecule is OC1(C2CCCCC2)CC(C2CCCCC2)(C(F)(F)F)OC(O)(C(F)(F)F)C1(F)F. The first kappa shape index (κ1) is 24.0. The van der Waals surface area contributed by atoms with Crippen LogP contribution in [0, 0.1) is 11.8 Å². The fourth-order valence-corrected chi connectivity index (χ4v) is 5.57. The van der Waals surface area contributed by atoms with Crippen molar-refractivity contribution in [2.45, 2.75) is 106 Å². The number of hydrogen-bond acceptors (Lipinski definition) is 3. The highest BCUT2D eigenvalue weighted by Crippen LogP contribution is 2.65. The number of alkyl halides is 8. The van der Waals surface area contributed by atoms with Crippen molar-refractivity contribution in [3.63, 3.8) is 0 Å². The molecule has 0 amide bonds. The molecule has 3 atom stereocenters. The molecule has 3 aliphatic rings. The summed E-state index contributed by atoms with van der Waals surface area (Å²) in [5, 5.41) is 21.0. The van der Waals surface area contributed by atoms with E-state index >= 15 is 8.78 Å². The lowest BCUT2D eigenvalue weighted by Gasteiger charge is -2.60. The molecule has 1 saturated heterocycles. The molecule has 3 nitrogen and oxygen atoms in total. The lowest BCUT2D eigenvalue weighted by atomic mass is 9.61. The van der Waals surface area contributed by atoms with Crippen LogP contribution >= 0.6 is 0 Å². The molecule has 2 N–H and O–H groups in total. The summed E-state index contributed by atoms with van der Waals surface area (Å²) in [6.07, 6.45) is -12.0. The molecule has 1 aliphatic heterocycles. The minimum atomic E-state index is -6.26. The molecular weight excluding hydrogens is 428 g/mol. The summed E-state index contributed by atoms with van der Waals surface area (Å²) >= 11 is 0. The van der Waals surface area contributed by atoms with Crippen LogP contribution in [-0.4, -0.2) is 45.5 Å². The third-order valence-corrected chi connectivity index (χ3v) is 7.24. The van der Waals surface area contributed by atoms with Gasteiger partial charge in [-0.2, -0.15) is 35.1 Å². The molecule has 3 rings (SSSR count). The van der Waals surface area contributed by atoms with Gasteiger partial charge in [-0.25, -0.2) is 0 Å². The number of aliphatic hydroxyl groups is 2. The Morgan fingerprint density at radius 3 is 1.50 bits per heavy atom. The van der Waals surface area contributed by atoms with E-state index in [0.29, 0.717) is 12.8 Å². The molecular formula is C19H26F8O3. The van der Waals surface area contributed by atoms with Gasteiger partial charge in [-0.15, -0.1) is 0 Å². The molecule has 2 saturated carbocycles. The highest BCUT2D eigenvalue weighted by Gasteiger charge is 2.87. The minimum Gasteiger partial charge on any atom is -0.383 e. The van der Waals surface area contributed by atoms with Gasteiger partial charge < -0.3 is 14.9 Å². The van der Waals surface area contributed by atoms with E-state index in [1.807, 2.05) is 0 Å². The first-order valence-electron chi connectivity index (χ1n) is 10.3. The van der Waals surface area contributed by atoms with Gasteiger partial charge in [0.2, 0.25) is 0 Å². The average molecular weight is 454 g/mol. The Bertz CT molecular complexity index is 624. The van der Waals surface area contributed by atoms with Crippen LogP contribution in [0.5, 0.6) is 0 Å². The quantitative estimate of drug-likeness (QED) is 0.543. The molecule has 0 radical (unpaired) electrons. The van der Waals surface area contributed by atoms with Gasteiger partial charge in [-0.3, -0.25) is 0 Å². The van der Waals surface area contributed by atoms with E-state index in [2.05, 4.69) is 4.74 Å². The fraction of sp³-hybridized carbons (Fsp3) is 1.00. The second kappa shape index (κ2) is 7.43. The van der Waals surface area contributed by atoms with E-state index in [1.165, 1.54) is 0 Å². The summed E-state index contributed by atoms with van der Waals surface area (Å²) in [4.78, 5) is 0. The molecule has 0 bridgehead atoms. The molecule has 0 spiro atoms. The first-order valence-corrected chi connectivity index (χ1v) is 10.3. The van der Waals surface area contributed by atoms with Crippen LogP contribution in [0.4, 0.5) is 35.1 Å². The van der Waals surface area contributed by atoms with Gasteiger partial charge in [0.25, 0.3) is 0 Å². The van der Waals surface area contributed by atoms with E-state index < -0.39 is 53.5 Å². The van der Waals surface area contributed by atoms with E-state index in [1.54, 1.807) is 0 Å². The Balaban J connectivity index is 2.21. The van der Waals surface area contributed by atoms with Crippen molar-refractivity contribution in [3.05, 3.63) is 0 Å². The summed E-state index contributed by atoms with van der Waals surface area (Å²) in [5.74, 6) is -13.9. The molecule has 3 unspecified atom stereocenters. The lowest BCUT2D eigenvalue weighted by molar-refractivity contribution is -0.529. The van der Waals surface area contributed by atoms with Crippen molar-refractivity contribution in [2.75, 3.05) is 0 Å². The average Bonchev–Trinajstić information content (AvgIpc) is 2.65. The van der Waals surface area contributed by atoms with Gasteiger partial charge in [0, 0.05) is 6.42 Å². The fourth-order valence-electron chi connectivity index (χ4n) is 5.57. The van der Waals surface area contributed by atoms with Gasteiger partial charge in [0.1, 0.15) is 5.60 Å². The maximum Gasteiger partial charge on any atom is 0.449 e.